The van der Waals surface area contributed by atoms with Crippen LogP contribution in [0.5, 0.6) is 11.6 Å². The van der Waals surface area contributed by atoms with Gasteiger partial charge in [0, 0.05) is 11.7 Å². The van der Waals surface area contributed by atoms with Crippen LogP contribution >= 0.6 is 10.2 Å². The average molecular weight is 423 g/mol. The molecule has 0 unspecified atom stereocenters. The van der Waals surface area contributed by atoms with Crippen molar-refractivity contribution < 1.29 is 33.5 Å². The third-order valence-corrected chi connectivity index (χ3v) is 5.95. The van der Waals surface area contributed by atoms with E-state index in [9.17, 15) is 19.4 Å². The summed E-state index contributed by atoms with van der Waals surface area (Å²) in [6.45, 7) is 7.45. The summed E-state index contributed by atoms with van der Waals surface area (Å²) in [5.74, 6) is -0.0387. The van der Waals surface area contributed by atoms with E-state index in [1.54, 1.807) is 12.1 Å². The van der Waals surface area contributed by atoms with Crippen LogP contribution in [0.2, 0.25) is 0 Å². The molecule has 1 fully saturated rings. The van der Waals surface area contributed by atoms with Crippen molar-refractivity contribution in [2.45, 2.75) is 43.8 Å². The molecule has 11 heteroatoms. The summed E-state index contributed by atoms with van der Waals surface area (Å²) in [5.41, 5.74) is -0.806. The first-order chi connectivity index (χ1) is 12.5. The molecule has 0 N–H and O–H groups in total. The summed E-state index contributed by atoms with van der Waals surface area (Å²) in [6, 6.07) is 5.48. The monoisotopic (exact) mass is 423 g/mol. The van der Waals surface area contributed by atoms with Gasteiger partial charge >= 0.3 is 17.3 Å². The molecule has 0 spiro atoms. The van der Waals surface area contributed by atoms with Crippen molar-refractivity contribution in [2.24, 2.45) is 0 Å². The fourth-order valence-corrected chi connectivity index (χ4v) is 3.16. The van der Waals surface area contributed by atoms with Crippen LogP contribution in [0.1, 0.15) is 27.7 Å². The van der Waals surface area contributed by atoms with Gasteiger partial charge in [0.05, 0.1) is 11.2 Å². The molecule has 1 aromatic carbocycles. The molecule has 154 valence electrons. The van der Waals surface area contributed by atoms with Gasteiger partial charge in [-0.15, -0.1) is 0 Å². The molecule has 1 aliphatic heterocycles. The predicted molar refractivity (Wildman–Crippen MR) is 97.9 cm³/mol. The largest absolute Gasteiger partial charge is 0.500 e. The molecule has 1 saturated heterocycles. The zero-order chi connectivity index (χ0) is 21.1. The quantitative estimate of drug-likeness (QED) is 0.458. The second-order valence-corrected chi connectivity index (χ2v) is 9.94. The molecule has 0 saturated carbocycles. The first-order valence-electron chi connectivity index (χ1n) is 8.31. The fourth-order valence-electron chi connectivity index (χ4n) is 2.51. The number of rotatable bonds is 4. The molecule has 0 atom stereocenters. The summed E-state index contributed by atoms with van der Waals surface area (Å²) in [6.07, 6.45) is 1.42. The summed E-state index contributed by atoms with van der Waals surface area (Å²) >= 11 is 0. The first-order valence-corrected chi connectivity index (χ1v) is 10.3. The smallest absolute Gasteiger partial charge is 0.439 e. The molecule has 4 nitrogen and oxygen atoms in total. The Balaban J connectivity index is 1.88. The van der Waals surface area contributed by atoms with Gasteiger partial charge in [-0.05, 0) is 58.0 Å². The maximum absolute atomic E-state index is 12.8. The van der Waals surface area contributed by atoms with Gasteiger partial charge in [-0.1, -0.05) is 25.5 Å². The molecule has 0 amide bonds. The molecular weight excluding hydrogens is 404 g/mol. The maximum atomic E-state index is 12.8. The van der Waals surface area contributed by atoms with Gasteiger partial charge in [0.15, 0.2) is 0 Å². The van der Waals surface area contributed by atoms with Crippen molar-refractivity contribution >= 4 is 22.8 Å². The Morgan fingerprint density at radius 1 is 0.893 bits per heavy atom. The van der Waals surface area contributed by atoms with Crippen molar-refractivity contribution in [2.75, 3.05) is 0 Å². The molecular formula is C17H19BF5NO3S. The Kier molecular flexibility index (Phi) is 4.18. The zero-order valence-corrected chi connectivity index (χ0v) is 16.4. The number of halogens is 5. The second-order valence-electron chi connectivity index (χ2n) is 7.53. The van der Waals surface area contributed by atoms with Crippen LogP contribution < -0.4 is 10.2 Å². The lowest BCUT2D eigenvalue weighted by Gasteiger charge is -2.40. The molecule has 1 aliphatic rings. The summed E-state index contributed by atoms with van der Waals surface area (Å²) in [7, 11) is -10.5. The molecule has 0 aliphatic carbocycles. The highest BCUT2D eigenvalue weighted by Crippen LogP contribution is 3.02. The zero-order valence-electron chi connectivity index (χ0n) is 15.6. The summed E-state index contributed by atoms with van der Waals surface area (Å²) < 4.78 is 81.6. The van der Waals surface area contributed by atoms with Gasteiger partial charge in [-0.3, -0.25) is 0 Å². The molecule has 0 radical (unpaired) electrons. The standard InChI is InChI=1S/C17H19BF5NO3S/c1-16(2)17(3,4)27-18(26-16)14-6-5-11-24-15(14)25-12-7-9-13(10-8-12)28(19,20,21,22)23/h5-11H,1-4H3. The minimum absolute atomic E-state index is 0.0427. The Morgan fingerprint density at radius 2 is 1.43 bits per heavy atom. The summed E-state index contributed by atoms with van der Waals surface area (Å²) in [4.78, 5) is 2.08. The molecule has 1 aromatic heterocycles. The second kappa shape index (κ2) is 5.61. The van der Waals surface area contributed by atoms with Crippen LogP contribution in [0, 0.1) is 0 Å². The van der Waals surface area contributed by atoms with Crippen LogP contribution in [0.3, 0.4) is 0 Å². The maximum Gasteiger partial charge on any atom is 0.500 e. The van der Waals surface area contributed by atoms with E-state index >= 15 is 0 Å². The highest BCUT2D eigenvalue weighted by molar-refractivity contribution is 8.45. The number of hydrogen-bond donors (Lipinski definition) is 0. The van der Waals surface area contributed by atoms with Crippen LogP contribution in [0.25, 0.3) is 0 Å². The normalized spacial score (nSPS) is 21.1. The first kappa shape index (κ1) is 20.9. The Morgan fingerprint density at radius 3 is 1.93 bits per heavy atom. The minimum atomic E-state index is -9.73. The minimum Gasteiger partial charge on any atom is -0.439 e. The number of benzene rings is 1. The Labute approximate surface area is 159 Å². The lowest BCUT2D eigenvalue weighted by Crippen LogP contribution is -2.41. The van der Waals surface area contributed by atoms with Gasteiger partial charge in [-0.2, -0.15) is 0 Å². The lowest BCUT2D eigenvalue weighted by molar-refractivity contribution is 0.00578. The van der Waals surface area contributed by atoms with Crippen molar-refractivity contribution in [3.05, 3.63) is 42.6 Å². The predicted octanol–water partition coefficient (Wildman–Crippen LogP) is 5.83. The van der Waals surface area contributed by atoms with Crippen LogP contribution in [-0.4, -0.2) is 23.3 Å². The average Bonchev–Trinajstić information content (AvgIpc) is 2.74. The van der Waals surface area contributed by atoms with Gasteiger partial charge in [0.25, 0.3) is 0 Å². The van der Waals surface area contributed by atoms with E-state index < -0.39 is 33.4 Å². The van der Waals surface area contributed by atoms with E-state index in [4.69, 9.17) is 14.0 Å². The van der Waals surface area contributed by atoms with E-state index in [1.165, 1.54) is 6.20 Å². The van der Waals surface area contributed by atoms with Gasteiger partial charge in [0.2, 0.25) is 5.88 Å². The van der Waals surface area contributed by atoms with E-state index in [-0.39, 0.29) is 23.8 Å². The molecule has 0 bridgehead atoms. The topological polar surface area (TPSA) is 40.6 Å². The van der Waals surface area contributed by atoms with Crippen LogP contribution in [0.15, 0.2) is 47.5 Å². The third kappa shape index (κ3) is 4.11. The van der Waals surface area contributed by atoms with E-state index in [0.29, 0.717) is 5.46 Å². The van der Waals surface area contributed by atoms with Crippen molar-refractivity contribution in [1.29, 1.82) is 0 Å². The number of aromatic nitrogens is 1. The highest BCUT2D eigenvalue weighted by Gasteiger charge is 2.65. The van der Waals surface area contributed by atoms with Crippen molar-refractivity contribution in [3.8, 4) is 11.6 Å². The van der Waals surface area contributed by atoms with Gasteiger partial charge in [-0.25, -0.2) is 4.98 Å². The van der Waals surface area contributed by atoms with Gasteiger partial charge < -0.3 is 14.0 Å². The Bertz CT molecular complexity index is 888. The number of nitrogens with zero attached hydrogens (tertiary/aromatic N) is 1. The molecule has 2 aromatic rings. The van der Waals surface area contributed by atoms with E-state index in [2.05, 4.69) is 4.98 Å². The number of hydrogen-bond acceptors (Lipinski definition) is 4. The van der Waals surface area contributed by atoms with Crippen molar-refractivity contribution in [3.63, 3.8) is 0 Å². The van der Waals surface area contributed by atoms with E-state index in [0.717, 1.165) is 12.1 Å². The van der Waals surface area contributed by atoms with Gasteiger partial charge in [0.1, 0.15) is 10.6 Å². The molecule has 3 rings (SSSR count). The lowest BCUT2D eigenvalue weighted by atomic mass is 9.80. The summed E-state index contributed by atoms with van der Waals surface area (Å²) in [5, 5.41) is 0. The number of pyridine rings is 1. The molecule has 2 heterocycles. The van der Waals surface area contributed by atoms with Crippen LogP contribution in [0.4, 0.5) is 19.4 Å². The SMILES string of the molecule is CC1(C)OB(c2cccnc2Oc2ccc(S(F)(F)(F)(F)F)cc2)OC1(C)C. The van der Waals surface area contributed by atoms with Crippen LogP contribution in [-0.2, 0) is 9.31 Å². The number of ether oxygens (including phenoxy) is 1. The Hall–Kier alpha value is -1.85. The third-order valence-electron chi connectivity index (χ3n) is 4.79. The highest BCUT2D eigenvalue weighted by atomic mass is 32.5. The molecule has 28 heavy (non-hydrogen) atoms. The van der Waals surface area contributed by atoms with E-state index in [1.807, 2.05) is 27.7 Å². The van der Waals surface area contributed by atoms with Crippen molar-refractivity contribution in [1.82, 2.24) is 4.98 Å². The fraction of sp³-hybridized carbons (Fsp3) is 0.353.